The summed E-state index contributed by atoms with van der Waals surface area (Å²) < 4.78 is 0. The Balaban J connectivity index is 2.16. The second-order valence-electron chi connectivity index (χ2n) is 5.78. The number of amides is 1. The number of carbonyl (C=O) groups is 2. The molecule has 1 atom stereocenters. The first-order valence-corrected chi connectivity index (χ1v) is 7.35. The first-order chi connectivity index (χ1) is 9.10. The molecule has 0 bridgehead atoms. The molecule has 108 valence electrons. The molecule has 2 aliphatic heterocycles. The Morgan fingerprint density at radius 3 is 2.63 bits per heavy atom. The zero-order valence-corrected chi connectivity index (χ0v) is 11.7. The smallest absolute Gasteiger partial charge is 0.326 e. The van der Waals surface area contributed by atoms with Gasteiger partial charge in [-0.3, -0.25) is 4.79 Å². The average Bonchev–Trinajstić information content (AvgIpc) is 2.88. The highest BCUT2D eigenvalue weighted by atomic mass is 16.4. The third-order valence-corrected chi connectivity index (χ3v) is 4.54. The topological polar surface area (TPSA) is 69.6 Å². The molecule has 0 aromatic heterocycles. The molecule has 2 saturated heterocycles. The highest BCUT2D eigenvalue weighted by Gasteiger charge is 2.45. The van der Waals surface area contributed by atoms with Gasteiger partial charge in [0.1, 0.15) is 6.04 Å². The van der Waals surface area contributed by atoms with Crippen LogP contribution >= 0.6 is 0 Å². The molecule has 0 aromatic carbocycles. The van der Waals surface area contributed by atoms with E-state index >= 15 is 0 Å². The Kier molecular flexibility index (Phi) is 4.45. The summed E-state index contributed by atoms with van der Waals surface area (Å²) in [5.41, 5.74) is -0.321. The summed E-state index contributed by atoms with van der Waals surface area (Å²) in [6.07, 6.45) is 4.92. The number of piperidine rings is 1. The molecular weight excluding hydrogens is 244 g/mol. The van der Waals surface area contributed by atoms with Crippen molar-refractivity contribution in [1.82, 2.24) is 10.2 Å². The number of likely N-dealkylation sites (tertiary alicyclic amines) is 1. The van der Waals surface area contributed by atoms with E-state index in [-0.39, 0.29) is 11.3 Å². The molecule has 2 fully saturated rings. The van der Waals surface area contributed by atoms with E-state index in [1.165, 1.54) is 0 Å². The van der Waals surface area contributed by atoms with Gasteiger partial charge in [-0.2, -0.15) is 0 Å². The zero-order chi connectivity index (χ0) is 13.9. The fourth-order valence-electron chi connectivity index (χ4n) is 3.53. The summed E-state index contributed by atoms with van der Waals surface area (Å²) in [6.45, 7) is 4.42. The Morgan fingerprint density at radius 1 is 1.37 bits per heavy atom. The van der Waals surface area contributed by atoms with Crippen LogP contribution in [0, 0.1) is 5.41 Å². The van der Waals surface area contributed by atoms with E-state index < -0.39 is 12.0 Å². The Hall–Kier alpha value is -1.10. The van der Waals surface area contributed by atoms with Gasteiger partial charge in [0.25, 0.3) is 0 Å². The predicted octanol–water partition coefficient (Wildman–Crippen LogP) is 1.23. The monoisotopic (exact) mass is 268 g/mol. The lowest BCUT2D eigenvalue weighted by Gasteiger charge is -2.40. The maximum atomic E-state index is 12.9. The van der Waals surface area contributed by atoms with Gasteiger partial charge in [-0.25, -0.2) is 4.79 Å². The maximum absolute atomic E-state index is 12.9. The van der Waals surface area contributed by atoms with Crippen molar-refractivity contribution in [3.05, 3.63) is 0 Å². The number of hydrogen-bond donors (Lipinski definition) is 2. The standard InChI is InChI=1S/C14H24N2O3/c1-2-5-14(6-8-15-9-7-14)13(19)16-10-3-4-11(16)12(17)18/h11,15H,2-10H2,1H3,(H,17,18)/t11-/m0/s1. The molecule has 0 spiro atoms. The van der Waals surface area contributed by atoms with Crippen LogP contribution < -0.4 is 5.32 Å². The minimum absolute atomic E-state index is 0.0840. The summed E-state index contributed by atoms with van der Waals surface area (Å²) >= 11 is 0. The molecule has 0 aromatic rings. The van der Waals surface area contributed by atoms with Crippen molar-refractivity contribution >= 4 is 11.9 Å². The van der Waals surface area contributed by atoms with Crippen LogP contribution in [0.25, 0.3) is 0 Å². The number of aliphatic carboxylic acids is 1. The molecule has 0 saturated carbocycles. The van der Waals surface area contributed by atoms with Crippen LogP contribution in [0.3, 0.4) is 0 Å². The average molecular weight is 268 g/mol. The van der Waals surface area contributed by atoms with Gasteiger partial charge in [0.15, 0.2) is 0 Å². The summed E-state index contributed by atoms with van der Waals surface area (Å²) in [5.74, 6) is -0.771. The van der Waals surface area contributed by atoms with Crippen molar-refractivity contribution in [3.63, 3.8) is 0 Å². The quantitative estimate of drug-likeness (QED) is 0.804. The van der Waals surface area contributed by atoms with Crippen LogP contribution in [0.1, 0.15) is 45.4 Å². The second kappa shape index (κ2) is 5.90. The van der Waals surface area contributed by atoms with Gasteiger partial charge in [-0.05, 0) is 45.2 Å². The molecule has 2 aliphatic rings. The van der Waals surface area contributed by atoms with Gasteiger partial charge in [0, 0.05) is 6.54 Å². The number of nitrogens with zero attached hydrogens (tertiary/aromatic N) is 1. The SMILES string of the molecule is CCCC1(C(=O)N2CCC[C@H]2C(=O)O)CCNCC1. The third kappa shape index (κ3) is 2.76. The Bertz CT molecular complexity index is 345. The molecule has 5 nitrogen and oxygen atoms in total. The fraction of sp³-hybridized carbons (Fsp3) is 0.857. The number of carboxylic acid groups (broad SMARTS) is 1. The number of nitrogens with one attached hydrogen (secondary N) is 1. The van der Waals surface area contributed by atoms with Crippen LogP contribution in [0.2, 0.25) is 0 Å². The maximum Gasteiger partial charge on any atom is 0.326 e. The van der Waals surface area contributed by atoms with Crippen molar-refractivity contribution in [3.8, 4) is 0 Å². The normalized spacial score (nSPS) is 26.4. The number of hydrogen-bond acceptors (Lipinski definition) is 3. The van der Waals surface area contributed by atoms with Gasteiger partial charge in [0.2, 0.25) is 5.91 Å². The summed E-state index contributed by atoms with van der Waals surface area (Å²) in [5, 5.41) is 12.5. The van der Waals surface area contributed by atoms with Crippen molar-refractivity contribution in [2.24, 2.45) is 5.41 Å². The molecule has 2 heterocycles. The lowest BCUT2D eigenvalue weighted by atomic mass is 9.74. The zero-order valence-electron chi connectivity index (χ0n) is 11.7. The number of rotatable bonds is 4. The third-order valence-electron chi connectivity index (χ3n) is 4.54. The van der Waals surface area contributed by atoms with E-state index in [2.05, 4.69) is 12.2 Å². The first-order valence-electron chi connectivity index (χ1n) is 7.35. The molecule has 19 heavy (non-hydrogen) atoms. The van der Waals surface area contributed by atoms with Gasteiger partial charge in [-0.1, -0.05) is 13.3 Å². The number of carbonyl (C=O) groups excluding carboxylic acids is 1. The predicted molar refractivity (Wildman–Crippen MR) is 71.8 cm³/mol. The van der Waals surface area contributed by atoms with E-state index in [9.17, 15) is 14.7 Å². The minimum Gasteiger partial charge on any atom is -0.480 e. The highest BCUT2D eigenvalue weighted by molar-refractivity contribution is 5.88. The van der Waals surface area contributed by atoms with E-state index in [0.717, 1.165) is 45.2 Å². The summed E-state index contributed by atoms with van der Waals surface area (Å²) in [4.78, 5) is 25.7. The van der Waals surface area contributed by atoms with Crippen molar-refractivity contribution in [1.29, 1.82) is 0 Å². The fourth-order valence-corrected chi connectivity index (χ4v) is 3.53. The molecule has 1 amide bonds. The Labute approximate surface area is 114 Å². The number of carboxylic acids is 1. The lowest BCUT2D eigenvalue weighted by Crippen LogP contribution is -2.52. The van der Waals surface area contributed by atoms with Crippen LogP contribution in [0.4, 0.5) is 0 Å². The van der Waals surface area contributed by atoms with E-state index in [1.807, 2.05) is 0 Å². The molecule has 2 N–H and O–H groups in total. The molecule has 0 radical (unpaired) electrons. The minimum atomic E-state index is -0.855. The van der Waals surface area contributed by atoms with Crippen molar-refractivity contribution < 1.29 is 14.7 Å². The van der Waals surface area contributed by atoms with Gasteiger partial charge < -0.3 is 15.3 Å². The van der Waals surface area contributed by atoms with Crippen molar-refractivity contribution in [2.75, 3.05) is 19.6 Å². The molecule has 5 heteroatoms. The first kappa shape index (κ1) is 14.3. The second-order valence-corrected chi connectivity index (χ2v) is 5.78. The van der Waals surface area contributed by atoms with E-state index in [4.69, 9.17) is 0 Å². The van der Waals surface area contributed by atoms with E-state index in [0.29, 0.717) is 13.0 Å². The van der Waals surface area contributed by atoms with Crippen molar-refractivity contribution in [2.45, 2.75) is 51.5 Å². The van der Waals surface area contributed by atoms with Crippen LogP contribution in [-0.4, -0.2) is 47.6 Å². The highest BCUT2D eigenvalue weighted by Crippen LogP contribution is 2.38. The molecule has 2 rings (SSSR count). The molecule has 0 unspecified atom stereocenters. The Morgan fingerprint density at radius 2 is 2.05 bits per heavy atom. The lowest BCUT2D eigenvalue weighted by molar-refractivity contribution is -0.154. The molecular formula is C14H24N2O3. The summed E-state index contributed by atoms with van der Waals surface area (Å²) in [6, 6.07) is -0.601. The van der Waals surface area contributed by atoms with Gasteiger partial charge >= 0.3 is 5.97 Å². The van der Waals surface area contributed by atoms with Crippen LogP contribution in [0.15, 0.2) is 0 Å². The molecule has 0 aliphatic carbocycles. The van der Waals surface area contributed by atoms with Crippen LogP contribution in [0.5, 0.6) is 0 Å². The summed E-state index contributed by atoms with van der Waals surface area (Å²) in [7, 11) is 0. The van der Waals surface area contributed by atoms with Gasteiger partial charge in [0.05, 0.1) is 5.41 Å². The van der Waals surface area contributed by atoms with Crippen LogP contribution in [-0.2, 0) is 9.59 Å². The van der Waals surface area contributed by atoms with Gasteiger partial charge in [-0.15, -0.1) is 0 Å². The van der Waals surface area contributed by atoms with E-state index in [1.54, 1.807) is 4.90 Å². The largest absolute Gasteiger partial charge is 0.480 e.